The third kappa shape index (κ3) is 5.89. The largest absolute Gasteiger partial charge is 0.436 e. The molecular weight excluding hydrogens is 548 g/mol. The van der Waals surface area contributed by atoms with Gasteiger partial charge >= 0.3 is 0 Å². The molecule has 0 saturated heterocycles. The number of carbonyl (C=O) groups is 2. The second kappa shape index (κ2) is 11.1. The van der Waals surface area contributed by atoms with Gasteiger partial charge in [-0.2, -0.15) is 0 Å². The van der Waals surface area contributed by atoms with Gasteiger partial charge in [-0.1, -0.05) is 30.3 Å². The summed E-state index contributed by atoms with van der Waals surface area (Å²) in [7, 11) is 1.80. The first-order chi connectivity index (χ1) is 20.3. The third-order valence-corrected chi connectivity index (χ3v) is 6.81. The number of nitrogens with zero attached hydrogens (tertiary/aromatic N) is 4. The fraction of sp³-hybridized carbons (Fsp3) is 0.250. The molecule has 1 aliphatic heterocycles. The van der Waals surface area contributed by atoms with Crippen LogP contribution in [0.3, 0.4) is 0 Å². The number of rotatable bonds is 10. The Bertz CT molecular complexity index is 1660. The van der Waals surface area contributed by atoms with E-state index in [1.807, 2.05) is 30.3 Å². The van der Waals surface area contributed by atoms with E-state index in [4.69, 9.17) is 4.42 Å². The Labute approximate surface area is 238 Å². The predicted octanol–water partition coefficient (Wildman–Crippen LogP) is 2.81. The lowest BCUT2D eigenvalue weighted by Crippen LogP contribution is -2.44. The van der Waals surface area contributed by atoms with Crippen molar-refractivity contribution in [3.05, 3.63) is 78.1 Å². The Hall–Kier alpha value is -4.95. The second-order valence-electron chi connectivity index (χ2n) is 9.96. The second-order valence-corrected chi connectivity index (χ2v) is 9.96. The SMILES string of the molecule is CN1NN=C([C@@H](NCCNC(=O)c2cc(-c3nc4cc(NC(=O)[C@@H]5CC5(F)F)ccc4o3)ccn2)c2ccccc2)N1. The van der Waals surface area contributed by atoms with Gasteiger partial charge in [0.15, 0.2) is 11.4 Å². The first kappa shape index (κ1) is 27.2. The van der Waals surface area contributed by atoms with Crippen molar-refractivity contribution in [1.82, 2.24) is 36.7 Å². The van der Waals surface area contributed by atoms with Gasteiger partial charge in [-0.25, -0.2) is 19.3 Å². The maximum atomic E-state index is 13.2. The molecule has 2 aromatic heterocycles. The quantitative estimate of drug-likeness (QED) is 0.180. The molecule has 42 heavy (non-hydrogen) atoms. The van der Waals surface area contributed by atoms with Crippen LogP contribution in [0.4, 0.5) is 14.5 Å². The van der Waals surface area contributed by atoms with Gasteiger partial charge in [0, 0.05) is 44.0 Å². The molecule has 0 unspecified atom stereocenters. The Kier molecular flexibility index (Phi) is 7.22. The number of halogens is 2. The number of alkyl halides is 2. The number of amides is 2. The van der Waals surface area contributed by atoms with Gasteiger partial charge in [-0.05, 0) is 35.9 Å². The average molecular weight is 576 g/mol. The van der Waals surface area contributed by atoms with Gasteiger partial charge in [-0.15, -0.1) is 10.2 Å². The Balaban J connectivity index is 1.07. The summed E-state index contributed by atoms with van der Waals surface area (Å²) in [4.78, 5) is 33.5. The number of hydrazone groups is 1. The van der Waals surface area contributed by atoms with Crippen LogP contribution in [-0.2, 0) is 4.79 Å². The van der Waals surface area contributed by atoms with Crippen LogP contribution < -0.4 is 26.9 Å². The van der Waals surface area contributed by atoms with Crippen LogP contribution in [0.2, 0.25) is 0 Å². The van der Waals surface area contributed by atoms with Crippen molar-refractivity contribution in [3.8, 4) is 11.5 Å². The summed E-state index contributed by atoms with van der Waals surface area (Å²) in [5.41, 5.74) is 8.89. The standard InChI is InChI=1S/C28H27F2N9O3/c1-39-37-24(36-38-39)23(16-5-3-2-4-6-16)32-11-12-33-26(41)21-13-17(9-10-31-21)27-35-20-14-18(7-8-22(20)42-27)34-25(40)19-15-28(19,29)30/h2-10,13-14,19,23,32,38H,11-12,15H2,1H3,(H,33,41)(H,34,40)(H,36,37)/t19-,23-/m0/s1. The van der Waals surface area contributed by atoms with E-state index >= 15 is 0 Å². The minimum Gasteiger partial charge on any atom is -0.436 e. The summed E-state index contributed by atoms with van der Waals surface area (Å²) in [6.45, 7) is 0.784. The first-order valence-corrected chi connectivity index (χ1v) is 13.2. The molecule has 12 nitrogen and oxygen atoms in total. The molecule has 2 atom stereocenters. The number of benzene rings is 2. The Morgan fingerprint density at radius 3 is 2.69 bits per heavy atom. The normalized spacial score (nSPS) is 18.1. The summed E-state index contributed by atoms with van der Waals surface area (Å²) >= 11 is 0. The highest BCUT2D eigenvalue weighted by Crippen LogP contribution is 2.49. The van der Waals surface area contributed by atoms with E-state index < -0.39 is 24.2 Å². The van der Waals surface area contributed by atoms with Gasteiger partial charge in [-0.3, -0.25) is 20.0 Å². The van der Waals surface area contributed by atoms with E-state index in [0.29, 0.717) is 41.3 Å². The number of hydrogen-bond donors (Lipinski definition) is 5. The lowest BCUT2D eigenvalue weighted by atomic mass is 10.1. The van der Waals surface area contributed by atoms with Gasteiger partial charge in [0.1, 0.15) is 17.1 Å². The maximum absolute atomic E-state index is 13.2. The molecule has 1 fully saturated rings. The highest BCUT2D eigenvalue weighted by Gasteiger charge is 2.61. The smallest absolute Gasteiger partial charge is 0.269 e. The summed E-state index contributed by atoms with van der Waals surface area (Å²) in [6.07, 6.45) is 1.04. The zero-order chi connectivity index (χ0) is 29.3. The van der Waals surface area contributed by atoms with Crippen molar-refractivity contribution in [3.63, 3.8) is 0 Å². The molecule has 0 bridgehead atoms. The van der Waals surface area contributed by atoms with E-state index in [1.165, 1.54) is 6.20 Å². The van der Waals surface area contributed by atoms with Gasteiger partial charge in [0.05, 0.1) is 6.04 Å². The van der Waals surface area contributed by atoms with Crippen LogP contribution in [0.5, 0.6) is 0 Å². The van der Waals surface area contributed by atoms with Crippen molar-refractivity contribution >= 4 is 34.4 Å². The topological polar surface area (TPSA) is 149 Å². The third-order valence-electron chi connectivity index (χ3n) is 6.81. The number of hydrogen-bond acceptors (Lipinski definition) is 10. The molecule has 2 amide bonds. The summed E-state index contributed by atoms with van der Waals surface area (Å²) < 4.78 is 32.2. The Morgan fingerprint density at radius 1 is 1.14 bits per heavy atom. The summed E-state index contributed by atoms with van der Waals surface area (Å²) in [5.74, 6) is -4.41. The minimum absolute atomic E-state index is 0.181. The predicted molar refractivity (Wildman–Crippen MR) is 150 cm³/mol. The molecule has 216 valence electrons. The molecule has 1 aliphatic carbocycles. The van der Waals surface area contributed by atoms with Crippen LogP contribution in [0.15, 0.2) is 76.4 Å². The van der Waals surface area contributed by atoms with Crippen LogP contribution in [-0.4, -0.2) is 58.8 Å². The lowest BCUT2D eigenvalue weighted by molar-refractivity contribution is -0.119. The molecule has 6 rings (SSSR count). The van der Waals surface area contributed by atoms with Crippen LogP contribution >= 0.6 is 0 Å². The molecule has 3 heterocycles. The number of amidine groups is 1. The van der Waals surface area contributed by atoms with Crippen LogP contribution in [0.25, 0.3) is 22.6 Å². The van der Waals surface area contributed by atoms with E-state index in [1.54, 1.807) is 42.5 Å². The fourth-order valence-corrected chi connectivity index (χ4v) is 4.52. The van der Waals surface area contributed by atoms with Crippen molar-refractivity contribution in [2.45, 2.75) is 18.4 Å². The molecule has 1 saturated carbocycles. The number of carbonyl (C=O) groups excluding carboxylic acids is 2. The Morgan fingerprint density at radius 2 is 1.95 bits per heavy atom. The molecule has 2 aliphatic rings. The van der Waals surface area contributed by atoms with E-state index in [9.17, 15) is 18.4 Å². The first-order valence-electron chi connectivity index (χ1n) is 13.2. The summed E-state index contributed by atoms with van der Waals surface area (Å²) in [5, 5.41) is 14.7. The number of fused-ring (bicyclic) bond motifs is 1. The zero-order valence-electron chi connectivity index (χ0n) is 22.4. The molecule has 14 heteroatoms. The van der Waals surface area contributed by atoms with E-state index in [-0.39, 0.29) is 23.5 Å². The van der Waals surface area contributed by atoms with Crippen LogP contribution in [0.1, 0.15) is 28.5 Å². The highest BCUT2D eigenvalue weighted by atomic mass is 19.3. The van der Waals surface area contributed by atoms with Crippen molar-refractivity contribution in [2.75, 3.05) is 25.5 Å². The lowest BCUT2D eigenvalue weighted by Gasteiger charge is -2.20. The summed E-state index contributed by atoms with van der Waals surface area (Å²) in [6, 6.07) is 17.5. The van der Waals surface area contributed by atoms with Crippen molar-refractivity contribution < 1.29 is 22.8 Å². The molecule has 0 radical (unpaired) electrons. The van der Waals surface area contributed by atoms with E-state index in [0.717, 1.165) is 5.56 Å². The molecule has 5 N–H and O–H groups in total. The van der Waals surface area contributed by atoms with Crippen molar-refractivity contribution in [1.29, 1.82) is 0 Å². The van der Waals surface area contributed by atoms with Gasteiger partial charge < -0.3 is 20.4 Å². The number of aromatic nitrogens is 2. The van der Waals surface area contributed by atoms with Gasteiger partial charge in [0.25, 0.3) is 11.8 Å². The maximum Gasteiger partial charge on any atom is 0.269 e. The van der Waals surface area contributed by atoms with Crippen molar-refractivity contribution in [2.24, 2.45) is 11.0 Å². The molecule has 4 aromatic rings. The number of nitrogens with one attached hydrogen (secondary N) is 5. The molecular formula is C28H27F2N9O3. The van der Waals surface area contributed by atoms with Gasteiger partial charge in [0.2, 0.25) is 11.8 Å². The fourth-order valence-electron chi connectivity index (χ4n) is 4.52. The monoisotopic (exact) mass is 575 g/mol. The zero-order valence-corrected chi connectivity index (χ0v) is 22.4. The van der Waals surface area contributed by atoms with Crippen LogP contribution in [0, 0.1) is 5.92 Å². The van der Waals surface area contributed by atoms with E-state index in [2.05, 4.69) is 42.0 Å². The minimum atomic E-state index is -2.95. The molecule has 0 spiro atoms. The highest BCUT2D eigenvalue weighted by molar-refractivity contribution is 5.97. The number of anilines is 1. The average Bonchev–Trinajstić information content (AvgIpc) is 3.28. The number of pyridine rings is 1. The number of oxazole rings is 1. The molecule has 2 aromatic carbocycles. The number of hydrazine groups is 2.